The molecule has 0 aliphatic heterocycles. The first-order valence-electron chi connectivity index (χ1n) is 6.83. The second kappa shape index (κ2) is 5.83. The first-order chi connectivity index (χ1) is 9.08. The molecule has 4 nitrogen and oxygen atoms in total. The van der Waals surface area contributed by atoms with Crippen molar-refractivity contribution in [1.29, 1.82) is 0 Å². The van der Waals surface area contributed by atoms with E-state index in [9.17, 15) is 4.79 Å². The van der Waals surface area contributed by atoms with Gasteiger partial charge in [0.1, 0.15) is 12.4 Å². The minimum Gasteiger partial charge on any atom is -0.492 e. The number of ether oxygens (including phenoxy) is 1. The third kappa shape index (κ3) is 3.97. The highest BCUT2D eigenvalue weighted by atomic mass is 16.5. The Hall–Kier alpha value is -1.55. The fraction of sp³-hybridized carbons (Fsp3) is 0.562. The monoisotopic (exact) mass is 278 g/mol. The van der Waals surface area contributed by atoms with E-state index in [4.69, 9.17) is 10.6 Å². The summed E-state index contributed by atoms with van der Waals surface area (Å²) in [4.78, 5) is 11.6. The van der Waals surface area contributed by atoms with Crippen LogP contribution in [-0.2, 0) is 10.2 Å². The summed E-state index contributed by atoms with van der Waals surface area (Å²) in [7, 11) is 0. The van der Waals surface area contributed by atoms with E-state index in [1.807, 2.05) is 13.0 Å². The van der Waals surface area contributed by atoms with Crippen LogP contribution in [0.3, 0.4) is 0 Å². The molecule has 0 heterocycles. The van der Waals surface area contributed by atoms with Gasteiger partial charge in [-0.3, -0.25) is 10.2 Å². The number of aryl methyl sites for hydroxylation is 1. The summed E-state index contributed by atoms with van der Waals surface area (Å²) in [6.45, 7) is 12.4. The van der Waals surface area contributed by atoms with Gasteiger partial charge in [-0.25, -0.2) is 5.84 Å². The molecule has 0 saturated carbocycles. The smallest absolute Gasteiger partial charge is 0.242 e. The molecule has 0 radical (unpaired) electrons. The van der Waals surface area contributed by atoms with Crippen molar-refractivity contribution in [3.05, 3.63) is 29.3 Å². The van der Waals surface area contributed by atoms with Crippen LogP contribution < -0.4 is 16.0 Å². The first-order valence-corrected chi connectivity index (χ1v) is 6.83. The summed E-state index contributed by atoms with van der Waals surface area (Å²) in [6.07, 6.45) is 0. The van der Waals surface area contributed by atoms with Crippen LogP contribution in [0.1, 0.15) is 45.7 Å². The lowest BCUT2D eigenvalue weighted by Gasteiger charge is -2.24. The van der Waals surface area contributed by atoms with Gasteiger partial charge in [-0.05, 0) is 43.4 Å². The summed E-state index contributed by atoms with van der Waals surface area (Å²) in [5.74, 6) is 5.74. The van der Waals surface area contributed by atoms with Crippen molar-refractivity contribution in [2.45, 2.75) is 47.0 Å². The topological polar surface area (TPSA) is 64.3 Å². The average Bonchev–Trinajstić information content (AvgIpc) is 2.35. The van der Waals surface area contributed by atoms with Gasteiger partial charge in [0.05, 0.1) is 5.41 Å². The molecule has 1 rings (SSSR count). The van der Waals surface area contributed by atoms with Crippen LogP contribution in [0.5, 0.6) is 5.75 Å². The average molecular weight is 278 g/mol. The Morgan fingerprint density at radius 1 is 1.25 bits per heavy atom. The molecule has 0 atom stereocenters. The van der Waals surface area contributed by atoms with Crippen molar-refractivity contribution in [2.24, 2.45) is 11.3 Å². The van der Waals surface area contributed by atoms with Crippen molar-refractivity contribution in [3.8, 4) is 5.75 Å². The van der Waals surface area contributed by atoms with Crippen LogP contribution in [0.15, 0.2) is 18.2 Å². The molecule has 0 bridgehead atoms. The van der Waals surface area contributed by atoms with Gasteiger partial charge in [-0.15, -0.1) is 0 Å². The molecule has 4 heteroatoms. The molecule has 0 fully saturated rings. The van der Waals surface area contributed by atoms with Gasteiger partial charge in [0, 0.05) is 0 Å². The Bertz CT molecular complexity index is 488. The largest absolute Gasteiger partial charge is 0.492 e. The van der Waals surface area contributed by atoms with E-state index in [1.54, 1.807) is 13.8 Å². The van der Waals surface area contributed by atoms with Crippen LogP contribution in [0.25, 0.3) is 0 Å². The maximum atomic E-state index is 11.6. The van der Waals surface area contributed by atoms with Crippen LogP contribution in [-0.4, -0.2) is 12.5 Å². The Balaban J connectivity index is 2.83. The standard InChI is InChI=1S/C16H26N2O2/c1-11-9-12(15(2,3)4)7-8-13(11)20-10-16(5,6)14(19)18-17/h7-9H,10,17H2,1-6H3,(H,18,19). The maximum absolute atomic E-state index is 11.6. The summed E-state index contributed by atoms with van der Waals surface area (Å²) in [5, 5.41) is 0. The molecule has 1 aromatic carbocycles. The van der Waals surface area contributed by atoms with Crippen molar-refractivity contribution in [1.82, 2.24) is 5.43 Å². The number of rotatable bonds is 4. The summed E-state index contributed by atoms with van der Waals surface area (Å²) < 4.78 is 5.78. The molecule has 0 aliphatic carbocycles. The van der Waals surface area contributed by atoms with Crippen molar-refractivity contribution in [2.75, 3.05) is 6.61 Å². The second-order valence-electron chi connectivity index (χ2n) is 6.88. The third-order valence-corrected chi connectivity index (χ3v) is 3.38. The van der Waals surface area contributed by atoms with Crippen molar-refractivity contribution >= 4 is 5.91 Å². The number of carbonyl (C=O) groups excluding carboxylic acids is 1. The van der Waals surface area contributed by atoms with Gasteiger partial charge in [-0.1, -0.05) is 32.9 Å². The highest BCUT2D eigenvalue weighted by Crippen LogP contribution is 2.28. The number of benzene rings is 1. The van der Waals surface area contributed by atoms with E-state index in [-0.39, 0.29) is 17.9 Å². The highest BCUT2D eigenvalue weighted by molar-refractivity contribution is 5.81. The van der Waals surface area contributed by atoms with Crippen LogP contribution in [0.4, 0.5) is 0 Å². The van der Waals surface area contributed by atoms with Crippen molar-refractivity contribution in [3.63, 3.8) is 0 Å². The van der Waals surface area contributed by atoms with E-state index < -0.39 is 5.41 Å². The van der Waals surface area contributed by atoms with E-state index in [2.05, 4.69) is 38.3 Å². The molecule has 0 spiro atoms. The van der Waals surface area contributed by atoms with Gasteiger partial charge < -0.3 is 4.74 Å². The van der Waals surface area contributed by atoms with Gasteiger partial charge in [0.25, 0.3) is 0 Å². The number of nitrogens with one attached hydrogen (secondary N) is 1. The highest BCUT2D eigenvalue weighted by Gasteiger charge is 2.28. The fourth-order valence-electron chi connectivity index (χ4n) is 1.80. The molecule has 0 saturated heterocycles. The summed E-state index contributed by atoms with van der Waals surface area (Å²) in [5.41, 5.74) is 3.95. The third-order valence-electron chi connectivity index (χ3n) is 3.38. The molecule has 0 aromatic heterocycles. The number of hydrogen-bond donors (Lipinski definition) is 2. The van der Waals surface area contributed by atoms with E-state index in [0.717, 1.165) is 11.3 Å². The maximum Gasteiger partial charge on any atom is 0.242 e. The number of hydrazine groups is 1. The Kier molecular flexibility index (Phi) is 4.81. The molecule has 0 aliphatic rings. The fourth-order valence-corrected chi connectivity index (χ4v) is 1.80. The number of amides is 1. The Morgan fingerprint density at radius 2 is 1.85 bits per heavy atom. The molecule has 1 aromatic rings. The van der Waals surface area contributed by atoms with Gasteiger partial charge in [0.15, 0.2) is 0 Å². The first kappa shape index (κ1) is 16.5. The van der Waals surface area contributed by atoms with E-state index in [0.29, 0.717) is 0 Å². The van der Waals surface area contributed by atoms with Crippen LogP contribution in [0, 0.1) is 12.3 Å². The number of hydrogen-bond acceptors (Lipinski definition) is 3. The predicted molar refractivity (Wildman–Crippen MR) is 81.5 cm³/mol. The number of carbonyl (C=O) groups is 1. The van der Waals surface area contributed by atoms with Gasteiger partial charge in [-0.2, -0.15) is 0 Å². The van der Waals surface area contributed by atoms with Crippen LogP contribution in [0.2, 0.25) is 0 Å². The lowest BCUT2D eigenvalue weighted by Crippen LogP contribution is -2.44. The molecule has 112 valence electrons. The van der Waals surface area contributed by atoms with Gasteiger partial charge >= 0.3 is 0 Å². The molecular weight excluding hydrogens is 252 g/mol. The molecular formula is C16H26N2O2. The van der Waals surface area contributed by atoms with Crippen molar-refractivity contribution < 1.29 is 9.53 Å². The van der Waals surface area contributed by atoms with Crippen LogP contribution >= 0.6 is 0 Å². The summed E-state index contributed by atoms with van der Waals surface area (Å²) >= 11 is 0. The molecule has 0 unspecified atom stereocenters. The minimum absolute atomic E-state index is 0.113. The minimum atomic E-state index is -0.663. The lowest BCUT2D eigenvalue weighted by atomic mass is 9.86. The molecule has 3 N–H and O–H groups in total. The zero-order valence-corrected chi connectivity index (χ0v) is 13.3. The zero-order chi connectivity index (χ0) is 15.6. The quantitative estimate of drug-likeness (QED) is 0.505. The lowest BCUT2D eigenvalue weighted by molar-refractivity contribution is -0.130. The van der Waals surface area contributed by atoms with E-state index in [1.165, 1.54) is 5.56 Å². The second-order valence-corrected chi connectivity index (χ2v) is 6.88. The SMILES string of the molecule is Cc1cc(C(C)(C)C)ccc1OCC(C)(C)C(=O)NN. The van der Waals surface area contributed by atoms with Gasteiger partial charge in [0.2, 0.25) is 5.91 Å². The Morgan fingerprint density at radius 3 is 2.30 bits per heavy atom. The molecule has 20 heavy (non-hydrogen) atoms. The number of nitrogens with two attached hydrogens (primary N) is 1. The predicted octanol–water partition coefficient (Wildman–Crippen LogP) is 2.69. The van der Waals surface area contributed by atoms with E-state index >= 15 is 0 Å². The normalized spacial score (nSPS) is 12.2. The Labute approximate surface area is 121 Å². The molecule has 1 amide bonds. The zero-order valence-electron chi connectivity index (χ0n) is 13.3. The summed E-state index contributed by atoms with van der Waals surface area (Å²) in [6, 6.07) is 6.16.